The van der Waals surface area contributed by atoms with Crippen LogP contribution in [0.1, 0.15) is 74.3 Å². The number of hydrogen-bond donors (Lipinski definition) is 7. The minimum absolute atomic E-state index is 0.122. The van der Waals surface area contributed by atoms with Crippen molar-refractivity contribution in [3.05, 3.63) is 88.5 Å². The predicted molar refractivity (Wildman–Crippen MR) is 201 cm³/mol. The molecule has 1 heterocycles. The number of likely N-dealkylation sites (tertiary alicyclic amines) is 1. The molecule has 0 aromatic heterocycles. The molecule has 3 aromatic carbocycles. The molecule has 3 aromatic rings. The monoisotopic (exact) mass is 767 g/mol. The number of phenols is 2. The zero-order valence-corrected chi connectivity index (χ0v) is 31.2. The van der Waals surface area contributed by atoms with E-state index in [0.29, 0.717) is 11.5 Å². The van der Waals surface area contributed by atoms with Crippen molar-refractivity contribution in [3.63, 3.8) is 0 Å². The van der Waals surface area contributed by atoms with Gasteiger partial charge in [0.15, 0.2) is 11.4 Å². The SMILES string of the molecule is CC(C)c1cc(C(=N)N(C(=N)C(=O)NCC(F)(F)F)c2ccc(CC3CCN(Cc4ccc(CNC(=O)OC(C)(C)C(N)=O)cc4)CC3)cc2)c(O)cc1O. The molecule has 0 spiro atoms. The molecule has 0 unspecified atom stereocenters. The number of nitrogens with one attached hydrogen (secondary N) is 4. The number of primary amides is 1. The Hall–Kier alpha value is -5.64. The Morgan fingerprint density at radius 2 is 1.51 bits per heavy atom. The highest BCUT2D eigenvalue weighted by Crippen LogP contribution is 2.34. The fourth-order valence-corrected chi connectivity index (χ4v) is 6.08. The Bertz CT molecular complexity index is 1870. The largest absolute Gasteiger partial charge is 0.508 e. The molecule has 1 fully saturated rings. The highest BCUT2D eigenvalue weighted by molar-refractivity contribution is 6.48. The van der Waals surface area contributed by atoms with Crippen LogP contribution in [-0.4, -0.2) is 76.1 Å². The van der Waals surface area contributed by atoms with Crippen LogP contribution in [0.3, 0.4) is 0 Å². The van der Waals surface area contributed by atoms with Gasteiger partial charge in [0.25, 0.3) is 11.8 Å². The Labute approximate surface area is 317 Å². The third kappa shape index (κ3) is 11.7. The zero-order valence-electron chi connectivity index (χ0n) is 31.2. The summed E-state index contributed by atoms with van der Waals surface area (Å²) < 4.78 is 43.7. The van der Waals surface area contributed by atoms with E-state index in [1.807, 2.05) is 24.3 Å². The summed E-state index contributed by atoms with van der Waals surface area (Å²) in [6.07, 6.45) is -2.84. The zero-order chi connectivity index (χ0) is 40.7. The lowest BCUT2D eigenvalue weighted by molar-refractivity contribution is -0.134. The number of alkyl halides is 3. The van der Waals surface area contributed by atoms with Crippen LogP contribution in [0.4, 0.5) is 23.7 Å². The molecule has 4 rings (SSSR count). The van der Waals surface area contributed by atoms with Crippen LogP contribution in [0, 0.1) is 16.7 Å². The van der Waals surface area contributed by atoms with Gasteiger partial charge in [0.1, 0.15) is 23.9 Å². The predicted octanol–water partition coefficient (Wildman–Crippen LogP) is 5.65. The fraction of sp³-hybridized carbons (Fsp3) is 0.410. The van der Waals surface area contributed by atoms with Crippen LogP contribution in [0.2, 0.25) is 0 Å². The van der Waals surface area contributed by atoms with Gasteiger partial charge in [0.05, 0.1) is 5.56 Å². The smallest absolute Gasteiger partial charge is 0.408 e. The minimum atomic E-state index is -4.72. The number of carbonyl (C=O) groups is 3. The molecule has 13 nitrogen and oxygen atoms in total. The number of amides is 3. The van der Waals surface area contributed by atoms with Crippen LogP contribution in [-0.2, 0) is 33.8 Å². The second-order valence-electron chi connectivity index (χ2n) is 14.4. The van der Waals surface area contributed by atoms with Gasteiger partial charge < -0.3 is 31.3 Å². The summed E-state index contributed by atoms with van der Waals surface area (Å²) in [6, 6.07) is 17.0. The van der Waals surface area contributed by atoms with Crippen molar-refractivity contribution in [1.29, 1.82) is 10.8 Å². The van der Waals surface area contributed by atoms with Gasteiger partial charge in [-0.25, -0.2) is 4.79 Å². The number of nitrogens with zero attached hydrogens (tertiary/aromatic N) is 2. The van der Waals surface area contributed by atoms with Crippen molar-refractivity contribution in [2.75, 3.05) is 24.5 Å². The molecule has 3 amide bonds. The van der Waals surface area contributed by atoms with Gasteiger partial charge in [0.2, 0.25) is 0 Å². The number of rotatable bonds is 12. The maximum atomic E-state index is 12.9. The molecule has 1 saturated heterocycles. The Kier molecular flexibility index (Phi) is 13.5. The van der Waals surface area contributed by atoms with Crippen molar-refractivity contribution < 1.29 is 42.5 Å². The lowest BCUT2D eigenvalue weighted by atomic mass is 9.90. The van der Waals surface area contributed by atoms with E-state index < -0.39 is 53.7 Å². The van der Waals surface area contributed by atoms with Gasteiger partial charge in [0, 0.05) is 24.8 Å². The van der Waals surface area contributed by atoms with Crippen molar-refractivity contribution in [1.82, 2.24) is 15.5 Å². The van der Waals surface area contributed by atoms with E-state index >= 15 is 0 Å². The third-order valence-corrected chi connectivity index (χ3v) is 9.37. The first kappa shape index (κ1) is 42.1. The van der Waals surface area contributed by atoms with Gasteiger partial charge in [-0.3, -0.25) is 30.2 Å². The summed E-state index contributed by atoms with van der Waals surface area (Å²) in [7, 11) is 0. The number of carbonyl (C=O) groups excluding carboxylic acids is 3. The highest BCUT2D eigenvalue weighted by atomic mass is 19.4. The number of nitrogens with two attached hydrogens (primary N) is 1. The third-order valence-electron chi connectivity index (χ3n) is 9.37. The van der Waals surface area contributed by atoms with E-state index in [-0.39, 0.29) is 29.5 Å². The Balaban J connectivity index is 1.37. The van der Waals surface area contributed by atoms with Crippen LogP contribution < -0.4 is 21.3 Å². The van der Waals surface area contributed by atoms with Gasteiger partial charge >= 0.3 is 12.3 Å². The molecule has 0 aliphatic carbocycles. The normalized spacial score (nSPS) is 14.0. The van der Waals surface area contributed by atoms with Gasteiger partial charge in [-0.15, -0.1) is 0 Å². The molecule has 296 valence electrons. The Morgan fingerprint density at radius 1 is 0.927 bits per heavy atom. The molecule has 0 atom stereocenters. The number of benzene rings is 3. The number of anilines is 1. The van der Waals surface area contributed by atoms with E-state index in [0.717, 1.165) is 66.6 Å². The first-order chi connectivity index (χ1) is 25.7. The average molecular weight is 768 g/mol. The molecule has 55 heavy (non-hydrogen) atoms. The second kappa shape index (κ2) is 17.7. The number of aromatic hydroxyl groups is 2. The molecule has 16 heteroatoms. The summed E-state index contributed by atoms with van der Waals surface area (Å²) in [5.74, 6) is -4.15. The number of halogens is 3. The maximum Gasteiger partial charge on any atom is 0.408 e. The van der Waals surface area contributed by atoms with Crippen LogP contribution in [0.15, 0.2) is 60.7 Å². The molecule has 0 radical (unpaired) electrons. The lowest BCUT2D eigenvalue weighted by Crippen LogP contribution is -2.48. The van der Waals surface area contributed by atoms with E-state index in [9.17, 15) is 37.8 Å². The standard InChI is InChI=1S/C39H48F3N7O6/c1-23(2)29-18-30(32(51)19-31(29)50)33(43)49(34(44)35(52)47-22-39(40,41)42)28-11-9-24(10-12-28)17-25-13-15-48(16-14-25)21-27-7-5-26(6-8-27)20-46-37(54)55-38(3,4)36(45)53/h5-12,18-19,23,25,43-44,50-51H,13-17,20-22H2,1-4H3,(H2,45,53)(H,46,54)(H,47,52). The second-order valence-corrected chi connectivity index (χ2v) is 14.4. The van der Waals surface area contributed by atoms with Crippen LogP contribution in [0.5, 0.6) is 11.5 Å². The Morgan fingerprint density at radius 3 is 2.07 bits per heavy atom. The van der Waals surface area contributed by atoms with Crippen molar-refractivity contribution >= 4 is 35.3 Å². The summed E-state index contributed by atoms with van der Waals surface area (Å²) >= 11 is 0. The molecule has 0 saturated carbocycles. The first-order valence-corrected chi connectivity index (χ1v) is 17.8. The topological polar surface area (TPSA) is 205 Å². The number of amidine groups is 2. The summed E-state index contributed by atoms with van der Waals surface area (Å²) in [4.78, 5) is 39.4. The fourth-order valence-electron chi connectivity index (χ4n) is 6.08. The number of ether oxygens (including phenoxy) is 1. The quantitative estimate of drug-likeness (QED) is 0.0904. The highest BCUT2D eigenvalue weighted by Gasteiger charge is 2.32. The summed E-state index contributed by atoms with van der Waals surface area (Å²) in [6.45, 7) is 7.46. The van der Waals surface area contributed by atoms with E-state index in [2.05, 4.69) is 10.2 Å². The first-order valence-electron chi connectivity index (χ1n) is 17.8. The van der Waals surface area contributed by atoms with E-state index in [1.165, 1.54) is 19.9 Å². The number of alkyl carbamates (subject to hydrolysis) is 1. The summed E-state index contributed by atoms with van der Waals surface area (Å²) in [5.41, 5.74) is 7.19. The van der Waals surface area contributed by atoms with Crippen molar-refractivity contribution in [2.24, 2.45) is 11.7 Å². The molecule has 8 N–H and O–H groups in total. The average Bonchev–Trinajstić information content (AvgIpc) is 3.11. The minimum Gasteiger partial charge on any atom is -0.508 e. The molecule has 1 aliphatic heterocycles. The molecular formula is C39H48F3N7O6. The van der Waals surface area contributed by atoms with Crippen LogP contribution >= 0.6 is 0 Å². The van der Waals surface area contributed by atoms with Crippen LogP contribution in [0.25, 0.3) is 0 Å². The molecule has 1 aliphatic rings. The number of phenolic OH excluding ortho intramolecular Hbond substituents is 2. The van der Waals surface area contributed by atoms with Crippen molar-refractivity contribution in [2.45, 2.75) is 77.7 Å². The maximum absolute atomic E-state index is 12.9. The van der Waals surface area contributed by atoms with Crippen molar-refractivity contribution in [3.8, 4) is 11.5 Å². The molecule has 0 bridgehead atoms. The number of piperidine rings is 1. The van der Waals surface area contributed by atoms with Gasteiger partial charge in [-0.1, -0.05) is 50.2 Å². The van der Waals surface area contributed by atoms with E-state index in [1.54, 1.807) is 43.4 Å². The lowest BCUT2D eigenvalue weighted by Gasteiger charge is -2.32. The van der Waals surface area contributed by atoms with Gasteiger partial charge in [-0.05, 0) is 98.5 Å². The number of hydrogen-bond acceptors (Lipinski definition) is 9. The molecular weight excluding hydrogens is 719 g/mol. The van der Waals surface area contributed by atoms with E-state index in [4.69, 9.17) is 21.3 Å². The summed E-state index contributed by atoms with van der Waals surface area (Å²) in [5, 5.41) is 42.6. The van der Waals surface area contributed by atoms with Gasteiger partial charge in [-0.2, -0.15) is 13.2 Å².